The van der Waals surface area contributed by atoms with E-state index in [9.17, 15) is 4.79 Å². The molecular weight excluding hydrogens is 226 g/mol. The zero-order chi connectivity index (χ0) is 12.8. The molecule has 1 aromatic rings. The molecule has 0 aliphatic carbocycles. The van der Waals surface area contributed by atoms with E-state index in [4.69, 9.17) is 0 Å². The first kappa shape index (κ1) is 12.6. The molecule has 1 amide bonds. The zero-order valence-electron chi connectivity index (χ0n) is 10.6. The van der Waals surface area contributed by atoms with E-state index in [0.717, 1.165) is 19.5 Å². The fraction of sp³-hybridized carbons (Fsp3) is 0.429. The van der Waals surface area contributed by atoms with Crippen LogP contribution in [0, 0.1) is 0 Å². The first-order valence-corrected chi connectivity index (χ1v) is 6.42. The van der Waals surface area contributed by atoms with Gasteiger partial charge in [-0.15, -0.1) is 0 Å². The molecule has 1 aliphatic heterocycles. The van der Waals surface area contributed by atoms with Crippen LogP contribution in [-0.4, -0.2) is 25.0 Å². The van der Waals surface area contributed by atoms with Crippen LogP contribution in [0.25, 0.3) is 0 Å². The largest absolute Gasteiger partial charge is 0.355 e. The van der Waals surface area contributed by atoms with Crippen LogP contribution in [0.4, 0.5) is 0 Å². The topological polar surface area (TPSA) is 53.5 Å². The van der Waals surface area contributed by atoms with Crippen LogP contribution in [0.1, 0.15) is 31.2 Å². The summed E-state index contributed by atoms with van der Waals surface area (Å²) in [4.78, 5) is 15.8. The highest BCUT2D eigenvalue weighted by Crippen LogP contribution is 2.16. The zero-order valence-corrected chi connectivity index (χ0v) is 10.6. The van der Waals surface area contributed by atoms with E-state index in [1.165, 1.54) is 5.56 Å². The summed E-state index contributed by atoms with van der Waals surface area (Å²) in [5, 5.41) is 5.97. The van der Waals surface area contributed by atoms with E-state index in [0.29, 0.717) is 18.3 Å². The second kappa shape index (κ2) is 6.19. The van der Waals surface area contributed by atoms with E-state index >= 15 is 0 Å². The van der Waals surface area contributed by atoms with Crippen molar-refractivity contribution in [2.75, 3.05) is 13.1 Å². The molecule has 1 unspecified atom stereocenters. The third-order valence-corrected chi connectivity index (χ3v) is 2.99. The number of carbonyl (C=O) groups is 1. The molecule has 4 nitrogen and oxygen atoms in total. The van der Waals surface area contributed by atoms with Crippen molar-refractivity contribution in [3.05, 3.63) is 35.9 Å². The van der Waals surface area contributed by atoms with Gasteiger partial charge in [-0.3, -0.25) is 15.1 Å². The van der Waals surface area contributed by atoms with Gasteiger partial charge in [-0.05, 0) is 12.0 Å². The fourth-order valence-corrected chi connectivity index (χ4v) is 2.00. The molecule has 18 heavy (non-hydrogen) atoms. The Bertz CT molecular complexity index is 428. The predicted molar refractivity (Wildman–Crippen MR) is 72.5 cm³/mol. The van der Waals surface area contributed by atoms with Crippen molar-refractivity contribution in [1.82, 2.24) is 10.6 Å². The third kappa shape index (κ3) is 3.32. The molecule has 0 fully saturated rings. The maximum Gasteiger partial charge on any atom is 0.226 e. The molecule has 0 saturated carbocycles. The summed E-state index contributed by atoms with van der Waals surface area (Å²) in [5.41, 5.74) is 1.28. The van der Waals surface area contributed by atoms with Crippen molar-refractivity contribution in [3.8, 4) is 0 Å². The molecule has 96 valence electrons. The molecule has 1 aromatic carbocycles. The molecule has 1 aliphatic rings. The molecule has 0 radical (unpaired) electrons. The molecule has 4 heteroatoms. The number of nitrogens with zero attached hydrogens (tertiary/aromatic N) is 1. The van der Waals surface area contributed by atoms with Crippen molar-refractivity contribution in [2.45, 2.75) is 25.7 Å². The second-order valence-electron chi connectivity index (χ2n) is 4.48. The Balaban J connectivity index is 1.90. The summed E-state index contributed by atoms with van der Waals surface area (Å²) in [5.74, 6) is 1.03. The summed E-state index contributed by atoms with van der Waals surface area (Å²) < 4.78 is 0. The van der Waals surface area contributed by atoms with E-state index in [2.05, 4.69) is 27.8 Å². The summed E-state index contributed by atoms with van der Waals surface area (Å²) in [6.07, 6.45) is 1.40. The van der Waals surface area contributed by atoms with Gasteiger partial charge in [0.25, 0.3) is 0 Å². The highest BCUT2D eigenvalue weighted by molar-refractivity contribution is 5.97. The van der Waals surface area contributed by atoms with Gasteiger partial charge in [0.05, 0.1) is 6.54 Å². The number of amides is 1. The Kier molecular flexibility index (Phi) is 4.34. The van der Waals surface area contributed by atoms with Crippen molar-refractivity contribution in [3.63, 3.8) is 0 Å². The molecule has 1 heterocycles. The summed E-state index contributed by atoms with van der Waals surface area (Å²) in [7, 11) is 0. The molecule has 2 N–H and O–H groups in total. The average molecular weight is 245 g/mol. The van der Waals surface area contributed by atoms with E-state index in [1.807, 2.05) is 25.1 Å². The first-order chi connectivity index (χ1) is 8.79. The molecule has 1 atom stereocenters. The maximum absolute atomic E-state index is 11.4. The lowest BCUT2D eigenvalue weighted by Gasteiger charge is -2.23. The average Bonchev–Trinajstić information content (AvgIpc) is 2.41. The van der Waals surface area contributed by atoms with Crippen molar-refractivity contribution in [1.29, 1.82) is 0 Å². The lowest BCUT2D eigenvalue weighted by Crippen LogP contribution is -2.45. The Labute approximate surface area is 108 Å². The number of guanidine groups is 1. The number of nitrogens with one attached hydrogen (secondary N) is 2. The maximum atomic E-state index is 11.4. The number of hydrogen-bond donors (Lipinski definition) is 2. The predicted octanol–water partition coefficient (Wildman–Crippen LogP) is 1.65. The van der Waals surface area contributed by atoms with Crippen molar-refractivity contribution < 1.29 is 4.79 Å². The van der Waals surface area contributed by atoms with Gasteiger partial charge in [-0.1, -0.05) is 37.3 Å². The second-order valence-corrected chi connectivity index (χ2v) is 4.48. The minimum absolute atomic E-state index is 0.0295. The molecule has 0 spiro atoms. The van der Waals surface area contributed by atoms with Crippen LogP contribution in [0.3, 0.4) is 0 Å². The minimum Gasteiger partial charge on any atom is -0.355 e. The Morgan fingerprint density at radius 3 is 2.83 bits per heavy atom. The van der Waals surface area contributed by atoms with Gasteiger partial charge in [0.1, 0.15) is 0 Å². The van der Waals surface area contributed by atoms with E-state index in [1.54, 1.807) is 0 Å². The SMILES string of the molecule is CCCC(=O)NC1=NCC(c2ccccc2)CN1. The molecule has 0 saturated heterocycles. The van der Waals surface area contributed by atoms with Gasteiger partial charge < -0.3 is 5.32 Å². The third-order valence-electron chi connectivity index (χ3n) is 2.99. The Morgan fingerprint density at radius 1 is 1.44 bits per heavy atom. The smallest absolute Gasteiger partial charge is 0.226 e. The van der Waals surface area contributed by atoms with E-state index in [-0.39, 0.29) is 5.91 Å². The van der Waals surface area contributed by atoms with E-state index < -0.39 is 0 Å². The molecule has 0 aromatic heterocycles. The van der Waals surface area contributed by atoms with Crippen LogP contribution >= 0.6 is 0 Å². The normalized spacial score (nSPS) is 18.7. The standard InChI is InChI=1S/C14H19N3O/c1-2-6-13(18)17-14-15-9-12(10-16-14)11-7-4-3-5-8-11/h3-5,7-8,12H,2,6,9-10H2,1H3,(H2,15,16,17,18). The van der Waals surface area contributed by atoms with Crippen LogP contribution in [0.5, 0.6) is 0 Å². The highest BCUT2D eigenvalue weighted by Gasteiger charge is 2.17. The van der Waals surface area contributed by atoms with Crippen LogP contribution < -0.4 is 10.6 Å². The number of aliphatic imine (C=N–C) groups is 1. The first-order valence-electron chi connectivity index (χ1n) is 6.42. The van der Waals surface area contributed by atoms with Gasteiger partial charge in [0.15, 0.2) is 5.96 Å². The van der Waals surface area contributed by atoms with Crippen LogP contribution in [0.2, 0.25) is 0 Å². The summed E-state index contributed by atoms with van der Waals surface area (Å²) >= 11 is 0. The Hall–Kier alpha value is -1.84. The number of hydrogen-bond acceptors (Lipinski definition) is 3. The monoisotopic (exact) mass is 245 g/mol. The highest BCUT2D eigenvalue weighted by atomic mass is 16.1. The minimum atomic E-state index is 0.0295. The number of rotatable bonds is 3. The lowest BCUT2D eigenvalue weighted by atomic mass is 9.98. The van der Waals surface area contributed by atoms with Crippen LogP contribution in [-0.2, 0) is 4.79 Å². The quantitative estimate of drug-likeness (QED) is 0.850. The Morgan fingerprint density at radius 2 is 2.22 bits per heavy atom. The summed E-state index contributed by atoms with van der Waals surface area (Å²) in [6.45, 7) is 3.52. The van der Waals surface area contributed by atoms with Gasteiger partial charge >= 0.3 is 0 Å². The van der Waals surface area contributed by atoms with Gasteiger partial charge in [-0.2, -0.15) is 0 Å². The van der Waals surface area contributed by atoms with Crippen molar-refractivity contribution >= 4 is 11.9 Å². The number of benzene rings is 1. The summed E-state index contributed by atoms with van der Waals surface area (Å²) in [6, 6.07) is 10.3. The number of carbonyl (C=O) groups excluding carboxylic acids is 1. The van der Waals surface area contributed by atoms with Crippen molar-refractivity contribution in [2.24, 2.45) is 4.99 Å². The van der Waals surface area contributed by atoms with Gasteiger partial charge in [0.2, 0.25) is 5.91 Å². The molecule has 0 bridgehead atoms. The van der Waals surface area contributed by atoms with Gasteiger partial charge in [0, 0.05) is 18.9 Å². The van der Waals surface area contributed by atoms with Gasteiger partial charge in [-0.25, -0.2) is 0 Å². The fourth-order valence-electron chi connectivity index (χ4n) is 2.00. The molecule has 2 rings (SSSR count). The van der Waals surface area contributed by atoms with Crippen LogP contribution in [0.15, 0.2) is 35.3 Å². The lowest BCUT2D eigenvalue weighted by molar-refractivity contribution is -0.119. The molecular formula is C14H19N3O.